The first-order valence-electron chi connectivity index (χ1n) is 11.8. The molecule has 33 heavy (non-hydrogen) atoms. The van der Waals surface area contributed by atoms with Gasteiger partial charge in [0.2, 0.25) is 11.8 Å². The summed E-state index contributed by atoms with van der Waals surface area (Å²) in [5.41, 5.74) is 3.48. The second-order valence-electron chi connectivity index (χ2n) is 8.64. The maximum atomic E-state index is 11.5. The number of aromatic nitrogens is 2. The van der Waals surface area contributed by atoms with Gasteiger partial charge in [0.25, 0.3) is 6.67 Å². The van der Waals surface area contributed by atoms with Crippen LogP contribution in [0.3, 0.4) is 0 Å². The smallest absolute Gasteiger partial charge is 0.252 e. The van der Waals surface area contributed by atoms with Crippen molar-refractivity contribution in [1.29, 1.82) is 0 Å². The number of unbranched alkanes of at least 4 members (excludes halogenated alkanes) is 1. The van der Waals surface area contributed by atoms with Gasteiger partial charge in [-0.15, -0.1) is 0 Å². The molecule has 186 valence electrons. The molecular weight excluding hydrogens is 463 g/mol. The monoisotopic (exact) mass is 500 g/mol. The Morgan fingerprint density at radius 3 is 2.30 bits per heavy atom. The van der Waals surface area contributed by atoms with Crippen LogP contribution in [0, 0.1) is 0 Å². The van der Waals surface area contributed by atoms with Gasteiger partial charge in [-0.3, -0.25) is 14.5 Å². The van der Waals surface area contributed by atoms with Crippen LogP contribution in [-0.2, 0) is 16.3 Å². The van der Waals surface area contributed by atoms with E-state index in [0.29, 0.717) is 19.0 Å². The minimum absolute atomic E-state index is 0. The number of carbonyl (C=O) groups is 2. The highest BCUT2D eigenvalue weighted by Crippen LogP contribution is 2.14. The van der Waals surface area contributed by atoms with Crippen LogP contribution in [0.15, 0.2) is 36.8 Å². The van der Waals surface area contributed by atoms with E-state index in [1.54, 1.807) is 10.9 Å². The number of nitrogens with one attached hydrogen (secondary N) is 1. The zero-order valence-electron chi connectivity index (χ0n) is 19.7. The molecule has 2 saturated heterocycles. The third-order valence-electron chi connectivity index (χ3n) is 6.17. The fraction of sp³-hybridized carbons (Fsp3) is 0.652. The number of hydrogen-bond acceptors (Lipinski definition) is 4. The van der Waals surface area contributed by atoms with Gasteiger partial charge in [0.15, 0.2) is 6.20 Å². The lowest BCUT2D eigenvalue weighted by Crippen LogP contribution is -3.00. The van der Waals surface area contributed by atoms with Crippen molar-refractivity contribution in [3.63, 3.8) is 0 Å². The normalized spacial score (nSPS) is 21.2. The summed E-state index contributed by atoms with van der Waals surface area (Å²) in [6.07, 6.45) is 14.9. The molecule has 2 amide bonds. The van der Waals surface area contributed by atoms with Gasteiger partial charge in [-0.05, 0) is 42.9 Å². The Bertz CT molecular complexity index is 742. The zero-order valence-corrected chi connectivity index (χ0v) is 21.2. The molecule has 1 aromatic heterocycles. The fourth-order valence-corrected chi connectivity index (χ4v) is 4.50. The standard InChI is InChI=1S/C14H26N3O.C9H12N3O.2ClH/c1-2-11-17(13-6-8-15-17)12-4-3-9-16-10-5-7-14(16)18;13-9-4-3-6-11(9)8-12-7-2-1-5-10-12;;/h6,8,15H,2-5,7,9-13H2,1H3;1-2,5,7H,3-4,6,8H2;2*1H/q2*+1;;/p-2. The molecule has 4 rings (SSSR count). The van der Waals surface area contributed by atoms with E-state index in [2.05, 4.69) is 29.7 Å². The number of nitrogens with zero attached hydrogens (tertiary/aromatic N) is 5. The summed E-state index contributed by atoms with van der Waals surface area (Å²) in [6.45, 7) is 9.09. The Kier molecular flexibility index (Phi) is 13.3. The van der Waals surface area contributed by atoms with Crippen molar-refractivity contribution < 1.29 is 43.7 Å². The largest absolute Gasteiger partial charge is 1.00 e. The van der Waals surface area contributed by atoms with Crippen molar-refractivity contribution in [2.45, 2.75) is 58.5 Å². The SMILES string of the molecule is CCC[N+]1(CCCCN2CCCC2=O)CC=CN1.O=C1CCCN1C[n+]1ccccn1.[Cl-].[Cl-]. The lowest BCUT2D eigenvalue weighted by molar-refractivity contribution is -0.954. The van der Waals surface area contributed by atoms with Crippen molar-refractivity contribution in [3.8, 4) is 0 Å². The number of likely N-dealkylation sites (tertiary alicyclic amines) is 2. The Hall–Kier alpha value is -1.90. The number of quaternary nitrogens is 1. The number of halogens is 2. The molecule has 1 aromatic rings. The molecule has 4 heterocycles. The molecule has 0 spiro atoms. The summed E-state index contributed by atoms with van der Waals surface area (Å²) < 4.78 is 2.77. The molecule has 0 aromatic carbocycles. The van der Waals surface area contributed by atoms with Gasteiger partial charge in [0, 0.05) is 45.0 Å². The predicted octanol–water partition coefficient (Wildman–Crippen LogP) is -4.40. The molecule has 1 unspecified atom stereocenters. The summed E-state index contributed by atoms with van der Waals surface area (Å²) in [5.74, 6) is 0.589. The first kappa shape index (κ1) is 29.1. The van der Waals surface area contributed by atoms with Crippen molar-refractivity contribution in [3.05, 3.63) is 36.8 Å². The molecule has 0 radical (unpaired) electrons. The average molecular weight is 502 g/mol. The Morgan fingerprint density at radius 2 is 1.76 bits per heavy atom. The van der Waals surface area contributed by atoms with E-state index in [4.69, 9.17) is 0 Å². The van der Waals surface area contributed by atoms with Gasteiger partial charge in [-0.1, -0.05) is 11.6 Å². The van der Waals surface area contributed by atoms with Crippen LogP contribution in [0.1, 0.15) is 51.9 Å². The van der Waals surface area contributed by atoms with Gasteiger partial charge in [0.05, 0.1) is 12.4 Å². The molecule has 1 atom stereocenters. The van der Waals surface area contributed by atoms with E-state index in [0.717, 1.165) is 56.5 Å². The highest BCUT2D eigenvalue weighted by Gasteiger charge is 2.27. The topological polar surface area (TPSA) is 69.4 Å². The van der Waals surface area contributed by atoms with E-state index in [1.807, 2.05) is 28.1 Å². The molecule has 0 bridgehead atoms. The van der Waals surface area contributed by atoms with E-state index in [-0.39, 0.29) is 30.7 Å². The van der Waals surface area contributed by atoms with Crippen LogP contribution in [-0.4, -0.2) is 70.6 Å². The van der Waals surface area contributed by atoms with Crippen LogP contribution in [0.5, 0.6) is 0 Å². The molecule has 1 N–H and O–H groups in total. The minimum Gasteiger partial charge on any atom is -1.00 e. The number of carbonyl (C=O) groups excluding carboxylic acids is 2. The zero-order chi connectivity index (χ0) is 21.9. The molecular formula is C23H38Cl2N6O2. The van der Waals surface area contributed by atoms with Crippen molar-refractivity contribution in [2.75, 3.05) is 39.3 Å². The number of hydrogen-bond donors (Lipinski definition) is 1. The van der Waals surface area contributed by atoms with Crippen LogP contribution >= 0.6 is 0 Å². The third-order valence-corrected chi connectivity index (χ3v) is 6.17. The quantitative estimate of drug-likeness (QED) is 0.211. The van der Waals surface area contributed by atoms with Gasteiger partial charge in [-0.25, -0.2) is 10.0 Å². The molecule has 0 saturated carbocycles. The Morgan fingerprint density at radius 1 is 1.03 bits per heavy atom. The maximum absolute atomic E-state index is 11.5. The van der Waals surface area contributed by atoms with Gasteiger partial charge < -0.3 is 29.7 Å². The van der Waals surface area contributed by atoms with Crippen molar-refractivity contribution >= 4 is 11.8 Å². The van der Waals surface area contributed by atoms with Crippen LogP contribution < -0.4 is 34.9 Å². The maximum Gasteiger partial charge on any atom is 0.252 e. The van der Waals surface area contributed by atoms with Crippen molar-refractivity contribution in [2.24, 2.45) is 0 Å². The van der Waals surface area contributed by atoms with Crippen molar-refractivity contribution in [1.82, 2.24) is 20.3 Å². The van der Waals surface area contributed by atoms with Crippen LogP contribution in [0.4, 0.5) is 0 Å². The van der Waals surface area contributed by atoms with E-state index < -0.39 is 0 Å². The first-order chi connectivity index (χ1) is 15.1. The summed E-state index contributed by atoms with van der Waals surface area (Å²) in [7, 11) is 0. The number of amides is 2. The molecule has 0 aliphatic carbocycles. The lowest BCUT2D eigenvalue weighted by atomic mass is 10.2. The summed E-state index contributed by atoms with van der Waals surface area (Å²) in [6, 6.07) is 3.77. The third kappa shape index (κ3) is 9.10. The van der Waals surface area contributed by atoms with Gasteiger partial charge in [0.1, 0.15) is 19.6 Å². The highest BCUT2D eigenvalue weighted by molar-refractivity contribution is 5.78. The fourth-order valence-electron chi connectivity index (χ4n) is 4.50. The molecule has 3 aliphatic rings. The molecule has 10 heteroatoms. The second-order valence-corrected chi connectivity index (χ2v) is 8.64. The minimum atomic E-state index is 0. The summed E-state index contributed by atoms with van der Waals surface area (Å²) in [4.78, 5) is 26.6. The first-order valence-corrected chi connectivity index (χ1v) is 11.8. The molecule has 8 nitrogen and oxygen atoms in total. The van der Waals surface area contributed by atoms with Gasteiger partial charge in [-0.2, -0.15) is 0 Å². The van der Waals surface area contributed by atoms with E-state index in [1.165, 1.54) is 25.9 Å². The van der Waals surface area contributed by atoms with E-state index >= 15 is 0 Å². The highest BCUT2D eigenvalue weighted by atomic mass is 35.5. The number of rotatable bonds is 9. The summed E-state index contributed by atoms with van der Waals surface area (Å²) in [5, 5.41) is 4.10. The molecule has 2 fully saturated rings. The lowest BCUT2D eigenvalue weighted by Gasteiger charge is -2.33. The van der Waals surface area contributed by atoms with Crippen LogP contribution in [0.2, 0.25) is 0 Å². The molecule has 3 aliphatic heterocycles. The second kappa shape index (κ2) is 15.1. The average Bonchev–Trinajstić information content (AvgIpc) is 3.51. The van der Waals surface area contributed by atoms with Gasteiger partial charge >= 0.3 is 0 Å². The Labute approximate surface area is 210 Å². The van der Waals surface area contributed by atoms with Crippen LogP contribution in [0.25, 0.3) is 0 Å². The Balaban J connectivity index is 0.000000324. The van der Waals surface area contributed by atoms with E-state index in [9.17, 15) is 9.59 Å². The summed E-state index contributed by atoms with van der Waals surface area (Å²) >= 11 is 0. The predicted molar refractivity (Wildman–Crippen MR) is 118 cm³/mol.